The zero-order chi connectivity index (χ0) is 47.7. The van der Waals surface area contributed by atoms with Crippen LogP contribution in [-0.4, -0.2) is 157 Å². The Hall–Kier alpha value is -5.64. The molecule has 0 radical (unpaired) electrons. The molecule has 0 spiro atoms. The lowest BCUT2D eigenvalue weighted by Crippen LogP contribution is -2.59. The van der Waals surface area contributed by atoms with Gasteiger partial charge in [-0.1, -0.05) is 6.08 Å². The minimum Gasteiger partial charge on any atom is -0.477 e. The first kappa shape index (κ1) is 55.4. The number of hydrogen-bond donors (Lipinski definition) is 15. The van der Waals surface area contributed by atoms with E-state index < -0.39 is 121 Å². The second-order valence-corrected chi connectivity index (χ2v) is 14.5. The van der Waals surface area contributed by atoms with Crippen LogP contribution in [0.5, 0.6) is 0 Å². The lowest BCUT2D eigenvalue weighted by molar-refractivity contribution is -0.153. The molecule has 27 heteroatoms. The van der Waals surface area contributed by atoms with Crippen molar-refractivity contribution >= 4 is 53.3 Å². The fourth-order valence-corrected chi connectivity index (χ4v) is 6.18. The molecule has 1 aliphatic heterocycles. The van der Waals surface area contributed by atoms with Gasteiger partial charge in [0.1, 0.15) is 35.9 Å². The first-order valence-electron chi connectivity index (χ1n) is 20.3. The summed E-state index contributed by atoms with van der Waals surface area (Å²) in [6, 6.07) is -7.80. The summed E-state index contributed by atoms with van der Waals surface area (Å²) < 4.78 is 41.6. The third-order valence-electron chi connectivity index (χ3n) is 9.34. The van der Waals surface area contributed by atoms with Crippen LogP contribution in [0.2, 0.25) is 0 Å². The lowest BCUT2D eigenvalue weighted by Gasteiger charge is -2.30. The van der Waals surface area contributed by atoms with Gasteiger partial charge in [-0.25, -0.2) is 4.79 Å². The van der Waals surface area contributed by atoms with Crippen molar-refractivity contribution < 1.29 is 61.7 Å². The van der Waals surface area contributed by atoms with E-state index in [2.05, 4.69) is 31.9 Å². The standard InChI is InChI=1S/C36H63F3N14O10/c37-36(38,39)17-25(31(59)50-21(6-1-2-11-40)30(58)51-24(34(62)63)8-4-14-46-35(44)45)52-32(60)26-9-5-15-53(26)33(61)23(7-3-12-41)49-28(56)19-47-29(57)22(10-13-42)48-27(55)16-20(54)18-43/h8,20-23,25-26,54H,1-7,9-19,40-43H2,(H,47,57)(H,48,55)(H,49,56)(H,50,59)(H,51,58)(H,52,60)(H,62,63)(H4,44,45,46)/b24-8-/t20-,21+,22+,23-,25+,26+/m1/s1. The Bertz CT molecular complexity index is 1610. The van der Waals surface area contributed by atoms with E-state index in [4.69, 9.17) is 34.1 Å². The number of nitrogens with one attached hydrogen (secondary N) is 8. The normalized spacial score (nSPS) is 16.3. The molecule has 0 aliphatic carbocycles. The van der Waals surface area contributed by atoms with Crippen molar-refractivity contribution in [3.05, 3.63) is 11.8 Å². The topological polar surface area (TPSA) is 418 Å². The monoisotopic (exact) mass is 908 g/mol. The van der Waals surface area contributed by atoms with E-state index in [0.717, 1.165) is 11.0 Å². The zero-order valence-corrected chi connectivity index (χ0v) is 34.9. The Morgan fingerprint density at radius 1 is 0.778 bits per heavy atom. The van der Waals surface area contributed by atoms with Gasteiger partial charge in [-0.05, 0) is 77.4 Å². The van der Waals surface area contributed by atoms with Crippen molar-refractivity contribution in [2.24, 2.45) is 28.7 Å². The number of guanidine groups is 1. The number of aliphatic carboxylic acids is 1. The summed E-state index contributed by atoms with van der Waals surface area (Å²) in [4.78, 5) is 105. The number of nitrogens with zero attached hydrogens (tertiary/aromatic N) is 1. The van der Waals surface area contributed by atoms with Crippen LogP contribution in [0.4, 0.5) is 13.2 Å². The maximum atomic E-state index is 13.9. The van der Waals surface area contributed by atoms with Crippen molar-refractivity contribution in [3.63, 3.8) is 0 Å². The smallest absolute Gasteiger partial charge is 0.391 e. The molecule has 0 unspecified atom stereocenters. The van der Waals surface area contributed by atoms with Crippen LogP contribution >= 0.6 is 0 Å². The second kappa shape index (κ2) is 28.9. The quantitative estimate of drug-likeness (QED) is 0.0144. The Morgan fingerprint density at radius 2 is 1.41 bits per heavy atom. The molecule has 0 aromatic rings. The lowest BCUT2D eigenvalue weighted by atomic mass is 10.1. The summed E-state index contributed by atoms with van der Waals surface area (Å²) in [6.07, 6.45) is -6.79. The van der Waals surface area contributed by atoms with Gasteiger partial charge >= 0.3 is 12.1 Å². The largest absolute Gasteiger partial charge is 0.477 e. The van der Waals surface area contributed by atoms with Crippen LogP contribution < -0.4 is 65.9 Å². The third-order valence-corrected chi connectivity index (χ3v) is 9.34. The van der Waals surface area contributed by atoms with Crippen molar-refractivity contribution in [1.29, 1.82) is 5.41 Å². The molecule has 0 bridgehead atoms. The SMILES string of the molecule is N=C(N)NCC/C=C(\NC(=O)[C@H](CCCCN)NC(=O)[C@H](CC(F)(F)F)NC(=O)[C@@H]1CCCN1C(=O)[C@@H](CCCN)NC(=O)CNC(=O)[C@H](CCN)NC(=O)C[C@@H](O)CN)C(=O)O. The molecule has 1 rings (SSSR count). The van der Waals surface area contributed by atoms with Crippen LogP contribution in [-0.2, 0) is 38.4 Å². The number of alkyl halides is 3. The second-order valence-electron chi connectivity index (χ2n) is 14.5. The first-order chi connectivity index (χ1) is 29.7. The van der Waals surface area contributed by atoms with E-state index in [0.29, 0.717) is 6.42 Å². The molecule has 63 heavy (non-hydrogen) atoms. The summed E-state index contributed by atoms with van der Waals surface area (Å²) in [6.45, 7) is -0.724. The molecule has 1 saturated heterocycles. The number of rotatable bonds is 29. The Balaban J connectivity index is 3.20. The van der Waals surface area contributed by atoms with Gasteiger partial charge in [0.25, 0.3) is 0 Å². The van der Waals surface area contributed by atoms with Crippen LogP contribution in [0, 0.1) is 5.41 Å². The number of carboxylic acid groups (broad SMARTS) is 1. The molecule has 24 nitrogen and oxygen atoms in total. The highest BCUT2D eigenvalue weighted by Crippen LogP contribution is 2.24. The highest BCUT2D eigenvalue weighted by atomic mass is 19.4. The van der Waals surface area contributed by atoms with Crippen molar-refractivity contribution in [2.45, 2.75) is 113 Å². The van der Waals surface area contributed by atoms with Crippen LogP contribution in [0.25, 0.3) is 0 Å². The molecule has 1 aliphatic rings. The average molecular weight is 909 g/mol. The number of nitrogens with two attached hydrogens (primary N) is 5. The number of likely N-dealkylation sites (tertiary alicyclic amines) is 1. The third kappa shape index (κ3) is 21.8. The van der Waals surface area contributed by atoms with Gasteiger partial charge < -0.3 is 81.0 Å². The minimum atomic E-state index is -5.03. The summed E-state index contributed by atoms with van der Waals surface area (Å²) >= 11 is 0. The predicted octanol–water partition coefficient (Wildman–Crippen LogP) is -5.13. The van der Waals surface area contributed by atoms with Gasteiger partial charge in [-0.15, -0.1) is 0 Å². The predicted molar refractivity (Wildman–Crippen MR) is 219 cm³/mol. The maximum Gasteiger partial charge on any atom is 0.391 e. The maximum absolute atomic E-state index is 13.9. The molecule has 0 saturated carbocycles. The molecule has 20 N–H and O–H groups in total. The molecular weight excluding hydrogens is 845 g/mol. The van der Waals surface area contributed by atoms with Gasteiger partial charge in [0.15, 0.2) is 5.96 Å². The van der Waals surface area contributed by atoms with Crippen LogP contribution in [0.3, 0.4) is 0 Å². The highest BCUT2D eigenvalue weighted by molar-refractivity contribution is 5.98. The van der Waals surface area contributed by atoms with E-state index in [1.807, 2.05) is 5.32 Å². The molecule has 358 valence electrons. The van der Waals surface area contributed by atoms with E-state index in [9.17, 15) is 61.7 Å². The Labute approximate surface area is 361 Å². The van der Waals surface area contributed by atoms with Crippen molar-refractivity contribution in [3.8, 4) is 0 Å². The molecule has 0 aromatic carbocycles. The number of aliphatic hydroxyl groups excluding tert-OH is 1. The van der Waals surface area contributed by atoms with Gasteiger partial charge in [0.2, 0.25) is 41.4 Å². The van der Waals surface area contributed by atoms with Crippen molar-refractivity contribution in [1.82, 2.24) is 42.1 Å². The number of hydrogen-bond acceptors (Lipinski definition) is 14. The zero-order valence-electron chi connectivity index (χ0n) is 34.9. The van der Waals surface area contributed by atoms with E-state index >= 15 is 0 Å². The van der Waals surface area contributed by atoms with Gasteiger partial charge in [-0.2, -0.15) is 13.2 Å². The number of carbonyl (C=O) groups is 8. The number of unbranched alkanes of at least 4 members (excludes halogenated alkanes) is 1. The van der Waals surface area contributed by atoms with Crippen LogP contribution in [0.15, 0.2) is 11.8 Å². The summed E-state index contributed by atoms with van der Waals surface area (Å²) in [7, 11) is 0. The summed E-state index contributed by atoms with van der Waals surface area (Å²) in [5, 5.41) is 42.4. The molecule has 6 atom stereocenters. The van der Waals surface area contributed by atoms with Crippen molar-refractivity contribution in [2.75, 3.05) is 45.8 Å². The molecule has 7 amide bonds. The molecule has 1 heterocycles. The Morgan fingerprint density at radius 3 is 2.00 bits per heavy atom. The number of halogens is 3. The Kier molecular flexibility index (Phi) is 25.4. The van der Waals surface area contributed by atoms with E-state index in [1.165, 1.54) is 0 Å². The molecule has 0 aromatic heterocycles. The number of amides is 7. The van der Waals surface area contributed by atoms with E-state index in [1.54, 1.807) is 0 Å². The summed E-state index contributed by atoms with van der Waals surface area (Å²) in [5.41, 5.74) is 26.6. The number of carbonyl (C=O) groups excluding carboxylic acids is 7. The minimum absolute atomic E-state index is 0.0213. The summed E-state index contributed by atoms with van der Waals surface area (Å²) in [5.74, 6) is -8.82. The highest BCUT2D eigenvalue weighted by Gasteiger charge is 2.42. The average Bonchev–Trinajstić information content (AvgIpc) is 3.71. The van der Waals surface area contributed by atoms with Gasteiger partial charge in [-0.3, -0.25) is 39.0 Å². The first-order valence-corrected chi connectivity index (χ1v) is 20.3. The molecular formula is C36H63F3N14O10. The van der Waals surface area contributed by atoms with E-state index in [-0.39, 0.29) is 90.6 Å². The fourth-order valence-electron chi connectivity index (χ4n) is 6.18. The van der Waals surface area contributed by atoms with Crippen LogP contribution in [0.1, 0.15) is 70.6 Å². The number of carboxylic acids is 1. The van der Waals surface area contributed by atoms with Gasteiger partial charge in [0.05, 0.1) is 25.5 Å². The fraction of sp³-hybridized carbons (Fsp3) is 0.694. The number of aliphatic hydroxyl groups is 1. The van der Waals surface area contributed by atoms with Gasteiger partial charge in [0, 0.05) is 19.6 Å². The molecule has 1 fully saturated rings.